The van der Waals surface area contributed by atoms with Crippen molar-refractivity contribution in [1.82, 2.24) is 15.6 Å². The predicted octanol–water partition coefficient (Wildman–Crippen LogP) is 1.80. The van der Waals surface area contributed by atoms with Crippen molar-refractivity contribution >= 4 is 27.7 Å². The first-order chi connectivity index (χ1) is 10.6. The van der Waals surface area contributed by atoms with Gasteiger partial charge in [0.05, 0.1) is 17.2 Å². The topological polar surface area (TPSA) is 94.9 Å². The molecule has 2 N–H and O–H groups in total. The lowest BCUT2D eigenvalue weighted by molar-refractivity contribution is -0.184. The first kappa shape index (κ1) is 17.0. The summed E-state index contributed by atoms with van der Waals surface area (Å²) >= 11 is 3.04. The lowest BCUT2D eigenvalue weighted by Crippen LogP contribution is -2.64. The van der Waals surface area contributed by atoms with Crippen LogP contribution in [-0.4, -0.2) is 28.5 Å². The minimum atomic E-state index is -5.20. The van der Waals surface area contributed by atoms with Crippen LogP contribution in [0.2, 0.25) is 0 Å². The minimum Gasteiger partial charge on any atom is -0.326 e. The van der Waals surface area contributed by atoms with Crippen molar-refractivity contribution in [2.75, 3.05) is 0 Å². The highest BCUT2D eigenvalue weighted by molar-refractivity contribution is 9.10. The van der Waals surface area contributed by atoms with Crippen LogP contribution in [0.4, 0.5) is 13.2 Å². The number of halogens is 4. The van der Waals surface area contributed by atoms with Crippen LogP contribution in [0.15, 0.2) is 34.2 Å². The van der Waals surface area contributed by atoms with Gasteiger partial charge in [-0.2, -0.15) is 18.4 Å². The van der Waals surface area contributed by atoms with Gasteiger partial charge in [0.1, 0.15) is 0 Å². The molecule has 23 heavy (non-hydrogen) atoms. The maximum Gasteiger partial charge on any atom is 0.425 e. The Labute approximate surface area is 136 Å². The van der Waals surface area contributed by atoms with Gasteiger partial charge < -0.3 is 10.6 Å². The second-order valence-corrected chi connectivity index (χ2v) is 5.58. The third kappa shape index (κ3) is 2.68. The number of hydrogen-bond acceptors (Lipinski definition) is 4. The van der Waals surface area contributed by atoms with Gasteiger partial charge in [-0.1, -0.05) is 0 Å². The molecule has 1 aromatic heterocycles. The molecule has 0 saturated carbocycles. The van der Waals surface area contributed by atoms with Gasteiger partial charge in [0.25, 0.3) is 17.4 Å². The van der Waals surface area contributed by atoms with E-state index in [0.717, 1.165) is 13.1 Å². The molecule has 0 aliphatic carbocycles. The summed E-state index contributed by atoms with van der Waals surface area (Å²) in [4.78, 5) is 27.7. The number of allylic oxidation sites excluding steroid dienone is 1. The summed E-state index contributed by atoms with van der Waals surface area (Å²) in [6.45, 7) is 1.15. The van der Waals surface area contributed by atoms with E-state index < -0.39 is 29.1 Å². The van der Waals surface area contributed by atoms with Crippen LogP contribution < -0.4 is 10.6 Å². The van der Waals surface area contributed by atoms with E-state index in [-0.39, 0.29) is 11.3 Å². The molecular formula is C13H8BrF3N4O2. The van der Waals surface area contributed by atoms with Gasteiger partial charge in [-0.15, -0.1) is 0 Å². The lowest BCUT2D eigenvalue weighted by Gasteiger charge is -2.30. The number of aromatic nitrogens is 1. The van der Waals surface area contributed by atoms with Gasteiger partial charge in [-0.3, -0.25) is 14.6 Å². The Morgan fingerprint density at radius 3 is 2.65 bits per heavy atom. The number of nitrogens with zero attached hydrogens (tertiary/aromatic N) is 2. The van der Waals surface area contributed by atoms with Crippen LogP contribution in [0.25, 0.3) is 0 Å². The van der Waals surface area contributed by atoms with Crippen LogP contribution >= 0.6 is 15.9 Å². The highest BCUT2D eigenvalue weighted by Gasteiger charge is 2.67. The van der Waals surface area contributed by atoms with Crippen molar-refractivity contribution in [3.8, 4) is 6.07 Å². The first-order valence-corrected chi connectivity index (χ1v) is 6.85. The van der Waals surface area contributed by atoms with Gasteiger partial charge in [-0.25, -0.2) is 0 Å². The molecule has 0 aromatic carbocycles. The molecular weight excluding hydrogens is 381 g/mol. The zero-order valence-corrected chi connectivity index (χ0v) is 13.0. The van der Waals surface area contributed by atoms with Crippen molar-refractivity contribution in [2.45, 2.75) is 18.6 Å². The van der Waals surface area contributed by atoms with Gasteiger partial charge in [0.2, 0.25) is 0 Å². The number of rotatable bonds is 2. The normalized spacial score (nSPS) is 21.0. The molecule has 10 heteroatoms. The SMILES string of the molecule is CC1=C(C#N)[C@@](NC(=O)c2cncc(Br)c2)(C(F)(F)F)C(=O)N1. The van der Waals surface area contributed by atoms with E-state index in [1.807, 2.05) is 5.32 Å². The summed E-state index contributed by atoms with van der Waals surface area (Å²) < 4.78 is 41.0. The van der Waals surface area contributed by atoms with E-state index in [1.165, 1.54) is 18.3 Å². The highest BCUT2D eigenvalue weighted by atomic mass is 79.9. The molecule has 2 amide bonds. The van der Waals surface area contributed by atoms with E-state index in [0.29, 0.717) is 4.47 Å². The molecule has 0 saturated heterocycles. The van der Waals surface area contributed by atoms with E-state index >= 15 is 0 Å². The number of carbonyl (C=O) groups is 2. The van der Waals surface area contributed by atoms with Gasteiger partial charge in [0.15, 0.2) is 0 Å². The number of alkyl halides is 3. The monoisotopic (exact) mass is 388 g/mol. The van der Waals surface area contributed by atoms with Crippen molar-refractivity contribution in [1.29, 1.82) is 5.26 Å². The molecule has 0 bridgehead atoms. The quantitative estimate of drug-likeness (QED) is 0.807. The van der Waals surface area contributed by atoms with Crippen LogP contribution in [-0.2, 0) is 4.79 Å². The number of hydrogen-bond donors (Lipinski definition) is 2. The summed E-state index contributed by atoms with van der Waals surface area (Å²) in [5, 5.41) is 12.6. The number of pyridine rings is 1. The van der Waals surface area contributed by atoms with Gasteiger partial charge in [0, 0.05) is 22.6 Å². The number of nitriles is 1. The molecule has 1 aliphatic rings. The molecule has 1 aliphatic heterocycles. The molecule has 0 radical (unpaired) electrons. The molecule has 0 unspecified atom stereocenters. The molecule has 0 spiro atoms. The minimum absolute atomic E-state index is 0.197. The Balaban J connectivity index is 2.53. The average molecular weight is 389 g/mol. The number of amides is 2. The highest BCUT2D eigenvalue weighted by Crippen LogP contribution is 2.40. The van der Waals surface area contributed by atoms with Gasteiger partial charge in [-0.05, 0) is 28.9 Å². The molecule has 0 fully saturated rings. The van der Waals surface area contributed by atoms with E-state index in [1.54, 1.807) is 5.32 Å². The Kier molecular flexibility index (Phi) is 4.17. The Morgan fingerprint density at radius 1 is 1.48 bits per heavy atom. The van der Waals surface area contributed by atoms with E-state index in [9.17, 15) is 22.8 Å². The van der Waals surface area contributed by atoms with Crippen molar-refractivity contribution < 1.29 is 22.8 Å². The fourth-order valence-electron chi connectivity index (χ4n) is 2.13. The second-order valence-electron chi connectivity index (χ2n) is 4.66. The number of nitrogens with one attached hydrogen (secondary N) is 2. The average Bonchev–Trinajstić information content (AvgIpc) is 2.69. The first-order valence-electron chi connectivity index (χ1n) is 6.06. The molecule has 6 nitrogen and oxygen atoms in total. The van der Waals surface area contributed by atoms with Crippen LogP contribution in [0.5, 0.6) is 0 Å². The molecule has 2 heterocycles. The smallest absolute Gasteiger partial charge is 0.326 e. The maximum absolute atomic E-state index is 13.5. The third-order valence-electron chi connectivity index (χ3n) is 3.20. The zero-order chi connectivity index (χ0) is 17.4. The fraction of sp³-hybridized carbons (Fsp3) is 0.231. The lowest BCUT2D eigenvalue weighted by atomic mass is 9.90. The van der Waals surface area contributed by atoms with Crippen molar-refractivity contribution in [3.05, 3.63) is 39.8 Å². The fourth-order valence-corrected chi connectivity index (χ4v) is 2.49. The summed E-state index contributed by atoms with van der Waals surface area (Å²) in [6.07, 6.45) is -2.82. The zero-order valence-electron chi connectivity index (χ0n) is 11.5. The Hall–Kier alpha value is -2.41. The molecule has 120 valence electrons. The summed E-state index contributed by atoms with van der Waals surface area (Å²) in [5.41, 5.74) is -4.78. The van der Waals surface area contributed by atoms with Gasteiger partial charge >= 0.3 is 6.18 Å². The standard InChI is InChI=1S/C13H8BrF3N4O2/c1-6-9(3-18)12(11(23)20-6,13(15,16)17)21-10(22)7-2-8(14)5-19-4-7/h2,4-5H,1H3,(H,20,23)(H,21,22)/t12-/m0/s1. The molecule has 1 atom stereocenters. The third-order valence-corrected chi connectivity index (χ3v) is 3.63. The summed E-state index contributed by atoms with van der Waals surface area (Å²) in [7, 11) is 0. The summed E-state index contributed by atoms with van der Waals surface area (Å²) in [5.74, 6) is -2.72. The predicted molar refractivity (Wildman–Crippen MR) is 74.6 cm³/mol. The van der Waals surface area contributed by atoms with Crippen molar-refractivity contribution in [2.24, 2.45) is 0 Å². The maximum atomic E-state index is 13.5. The van der Waals surface area contributed by atoms with E-state index in [4.69, 9.17) is 5.26 Å². The second kappa shape index (κ2) is 5.66. The summed E-state index contributed by atoms with van der Waals surface area (Å²) in [6, 6.07) is 2.58. The van der Waals surface area contributed by atoms with E-state index in [2.05, 4.69) is 20.9 Å². The van der Waals surface area contributed by atoms with Crippen molar-refractivity contribution in [3.63, 3.8) is 0 Å². The largest absolute Gasteiger partial charge is 0.425 e. The molecule has 2 rings (SSSR count). The van der Waals surface area contributed by atoms with Crippen LogP contribution in [0.3, 0.4) is 0 Å². The Morgan fingerprint density at radius 2 is 2.13 bits per heavy atom. The molecule has 1 aromatic rings. The number of carbonyl (C=O) groups excluding carboxylic acids is 2. The Bertz CT molecular complexity index is 769. The van der Waals surface area contributed by atoms with Crippen LogP contribution in [0.1, 0.15) is 17.3 Å². The van der Waals surface area contributed by atoms with Crippen LogP contribution in [0, 0.1) is 11.3 Å².